The highest BCUT2D eigenvalue weighted by molar-refractivity contribution is 5.97. The van der Waals surface area contributed by atoms with Crippen LogP contribution >= 0.6 is 0 Å². The van der Waals surface area contributed by atoms with Crippen molar-refractivity contribution in [2.75, 3.05) is 32.7 Å². The van der Waals surface area contributed by atoms with Gasteiger partial charge in [0.2, 0.25) is 35.4 Å². The third-order valence-electron chi connectivity index (χ3n) is 11.1. The summed E-state index contributed by atoms with van der Waals surface area (Å²) in [7, 11) is 0. The molecule has 62 heavy (non-hydrogen) atoms. The molecule has 0 saturated carbocycles. The van der Waals surface area contributed by atoms with E-state index in [4.69, 9.17) is 28.3 Å². The largest absolute Gasteiger partial charge is 0.480 e. The first kappa shape index (κ1) is 51.0. The van der Waals surface area contributed by atoms with Gasteiger partial charge in [-0.2, -0.15) is 0 Å². The number of aliphatic carboxylic acids is 1. The Morgan fingerprint density at radius 1 is 0.790 bits per heavy atom. The predicted molar refractivity (Wildman–Crippen MR) is 230 cm³/mol. The Morgan fingerprint density at radius 2 is 1.34 bits per heavy atom. The normalized spacial score (nSPS) is 18.6. The molecule has 0 bridgehead atoms. The van der Waals surface area contributed by atoms with Gasteiger partial charge in [0.25, 0.3) is 0 Å². The van der Waals surface area contributed by atoms with Crippen molar-refractivity contribution >= 4 is 47.4 Å². The molecule has 2 fully saturated rings. The lowest BCUT2D eigenvalue weighted by molar-refractivity contribution is -0.144. The van der Waals surface area contributed by atoms with Crippen LogP contribution in [0.2, 0.25) is 0 Å². The van der Waals surface area contributed by atoms with E-state index in [0.717, 1.165) is 0 Å². The molecule has 0 aliphatic carbocycles. The van der Waals surface area contributed by atoms with Crippen molar-refractivity contribution in [3.05, 3.63) is 18.2 Å². The summed E-state index contributed by atoms with van der Waals surface area (Å²) in [5.74, 6) is -4.84. The number of hydrogen-bond donors (Lipinski definition) is 12. The number of unbranched alkanes of at least 4 members (excludes halogenated alkanes) is 2. The maximum Gasteiger partial charge on any atom is 0.326 e. The van der Waals surface area contributed by atoms with Gasteiger partial charge >= 0.3 is 5.97 Å². The first-order valence-electron chi connectivity index (χ1n) is 21.8. The van der Waals surface area contributed by atoms with Crippen LogP contribution in [0.3, 0.4) is 0 Å². The molecular formula is C40H70N14O8. The Labute approximate surface area is 363 Å². The summed E-state index contributed by atoms with van der Waals surface area (Å²) in [6.45, 7) is 5.31. The molecule has 16 N–H and O–H groups in total. The SMILES string of the molecule is CC(C)C[C@H](NC(=O)[C@@H]1CCCN1C(=O)[C@H](Cc1c[nH]cn1)NC(=O)[C@H](CCCCN)NC(=O)[C@@H]1CCCN1C(=O)[C@@H](N)CCCNC(=N)N)C(=O)N[C@@H](CCCCN)C(=O)O. The van der Waals surface area contributed by atoms with Gasteiger partial charge in [-0.15, -0.1) is 0 Å². The van der Waals surface area contributed by atoms with Gasteiger partial charge in [0.05, 0.1) is 18.1 Å². The minimum atomic E-state index is -1.22. The van der Waals surface area contributed by atoms with Crippen molar-refractivity contribution in [1.82, 2.24) is 46.4 Å². The van der Waals surface area contributed by atoms with Crippen molar-refractivity contribution in [2.45, 2.75) is 146 Å². The van der Waals surface area contributed by atoms with E-state index in [0.29, 0.717) is 89.7 Å². The smallest absolute Gasteiger partial charge is 0.326 e. The topological polar surface area (TPSA) is 363 Å². The third-order valence-corrected chi connectivity index (χ3v) is 11.1. The highest BCUT2D eigenvalue weighted by Crippen LogP contribution is 2.22. The summed E-state index contributed by atoms with van der Waals surface area (Å²) in [6.07, 6.45) is 8.06. The Bertz CT molecular complexity index is 1650. The van der Waals surface area contributed by atoms with Crippen molar-refractivity contribution in [3.8, 4) is 0 Å². The van der Waals surface area contributed by atoms with Crippen molar-refractivity contribution < 1.29 is 38.7 Å². The molecule has 3 rings (SSSR count). The van der Waals surface area contributed by atoms with Crippen molar-refractivity contribution in [1.29, 1.82) is 5.41 Å². The molecule has 0 unspecified atom stereocenters. The zero-order valence-corrected chi connectivity index (χ0v) is 36.2. The number of carbonyl (C=O) groups excluding carboxylic acids is 6. The average Bonchev–Trinajstić information content (AvgIpc) is 4.03. The second-order valence-corrected chi connectivity index (χ2v) is 16.5. The van der Waals surface area contributed by atoms with Crippen molar-refractivity contribution in [3.63, 3.8) is 0 Å². The van der Waals surface area contributed by atoms with Gasteiger partial charge in [-0.1, -0.05) is 13.8 Å². The number of carboxylic acids is 1. The number of carboxylic acid groups (broad SMARTS) is 1. The molecule has 0 aromatic carbocycles. The fourth-order valence-electron chi connectivity index (χ4n) is 7.79. The number of H-pyrrole nitrogens is 1. The number of aromatic amines is 1. The summed E-state index contributed by atoms with van der Waals surface area (Å²) in [4.78, 5) is 105. The number of likely N-dealkylation sites (tertiary alicyclic amines) is 2. The van der Waals surface area contributed by atoms with Crippen molar-refractivity contribution in [2.24, 2.45) is 28.9 Å². The Morgan fingerprint density at radius 3 is 1.87 bits per heavy atom. The number of imidazole rings is 1. The monoisotopic (exact) mass is 875 g/mol. The number of nitrogens with one attached hydrogen (secondary N) is 7. The number of rotatable bonds is 27. The highest BCUT2D eigenvalue weighted by atomic mass is 16.4. The van der Waals surface area contributed by atoms with E-state index in [1.165, 1.54) is 16.1 Å². The molecule has 22 nitrogen and oxygen atoms in total. The lowest BCUT2D eigenvalue weighted by Gasteiger charge is -2.31. The molecule has 1 aromatic rings. The number of aromatic nitrogens is 2. The maximum atomic E-state index is 14.4. The molecule has 0 radical (unpaired) electrons. The first-order valence-corrected chi connectivity index (χ1v) is 21.8. The minimum Gasteiger partial charge on any atom is -0.480 e. The average molecular weight is 875 g/mol. The van der Waals surface area contributed by atoms with Gasteiger partial charge < -0.3 is 69.4 Å². The number of amides is 6. The van der Waals surface area contributed by atoms with E-state index in [9.17, 15) is 38.7 Å². The summed E-state index contributed by atoms with van der Waals surface area (Å²) in [5, 5.41) is 30.7. The standard InChI is InChI=1S/C40H70N14O8/c1-24(2)20-29(34(56)50-28(39(61)62)12-4-6-16-42)51-36(58)32-14-9-19-54(32)38(60)30(21-25-22-46-23-48-25)52-33(55)27(11-3-5-15-41)49-35(57)31-13-8-18-53(31)37(59)26(43)10-7-17-47-40(44)45/h22-24,26-32H,3-21,41-43H2,1-2H3,(H,46,48)(H,49,57)(H,50,56)(H,51,58)(H,52,55)(H,61,62)(H4,44,45,47)/t26-,27-,28-,29-,30-,31-,32-/m0/s1. The van der Waals surface area contributed by atoms with Crippen LogP contribution < -0.4 is 49.5 Å². The minimum absolute atomic E-state index is 0.0494. The Kier molecular flexibility index (Phi) is 21.6. The maximum absolute atomic E-state index is 14.4. The molecule has 2 aliphatic heterocycles. The number of hydrogen-bond acceptors (Lipinski definition) is 12. The van der Waals surface area contributed by atoms with Crippen LogP contribution in [0.25, 0.3) is 0 Å². The molecule has 348 valence electrons. The fourth-order valence-corrected chi connectivity index (χ4v) is 7.79. The highest BCUT2D eigenvalue weighted by Gasteiger charge is 2.41. The quantitative estimate of drug-likeness (QED) is 0.0255. The van der Waals surface area contributed by atoms with Crippen LogP contribution in [0.1, 0.15) is 103 Å². The lowest BCUT2D eigenvalue weighted by Crippen LogP contribution is -2.60. The van der Waals surface area contributed by atoms with E-state index < -0.39 is 83.7 Å². The molecule has 2 saturated heterocycles. The number of nitrogens with zero attached hydrogens (tertiary/aromatic N) is 3. The number of guanidine groups is 1. The van der Waals surface area contributed by atoms with E-state index >= 15 is 0 Å². The second-order valence-electron chi connectivity index (χ2n) is 16.5. The van der Waals surface area contributed by atoms with Crippen LogP contribution in [-0.4, -0.2) is 147 Å². The summed E-state index contributed by atoms with van der Waals surface area (Å²) < 4.78 is 0. The van der Waals surface area contributed by atoms with Crippen LogP contribution in [-0.2, 0) is 40.0 Å². The van der Waals surface area contributed by atoms with Gasteiger partial charge in [-0.25, -0.2) is 9.78 Å². The Hall–Kier alpha value is -5.35. The van der Waals surface area contributed by atoms with Crippen LogP contribution in [0.5, 0.6) is 0 Å². The van der Waals surface area contributed by atoms with E-state index in [1.54, 1.807) is 6.20 Å². The van der Waals surface area contributed by atoms with Gasteiger partial charge in [0.1, 0.15) is 36.3 Å². The van der Waals surface area contributed by atoms with Gasteiger partial charge in [0, 0.05) is 32.3 Å². The van der Waals surface area contributed by atoms with Gasteiger partial charge in [0.15, 0.2) is 5.96 Å². The van der Waals surface area contributed by atoms with E-state index in [-0.39, 0.29) is 50.5 Å². The molecule has 6 amide bonds. The number of carbonyl (C=O) groups is 7. The molecular weight excluding hydrogens is 805 g/mol. The second kappa shape index (κ2) is 26.2. The third kappa shape index (κ3) is 16.2. The zero-order valence-electron chi connectivity index (χ0n) is 36.2. The molecule has 7 atom stereocenters. The van der Waals surface area contributed by atoms with E-state index in [1.807, 2.05) is 13.8 Å². The van der Waals surface area contributed by atoms with Gasteiger partial charge in [-0.05, 0) is 102 Å². The fraction of sp³-hybridized carbons (Fsp3) is 0.725. The summed E-state index contributed by atoms with van der Waals surface area (Å²) in [6, 6.07) is -7.32. The predicted octanol–water partition coefficient (Wildman–Crippen LogP) is -2.15. The molecule has 1 aromatic heterocycles. The summed E-state index contributed by atoms with van der Waals surface area (Å²) >= 11 is 0. The molecule has 0 spiro atoms. The van der Waals surface area contributed by atoms with Crippen LogP contribution in [0, 0.1) is 11.3 Å². The van der Waals surface area contributed by atoms with Crippen LogP contribution in [0.15, 0.2) is 12.5 Å². The van der Waals surface area contributed by atoms with E-state index in [2.05, 4.69) is 36.6 Å². The molecule has 2 aliphatic rings. The lowest BCUT2D eigenvalue weighted by atomic mass is 10.0. The number of nitrogens with two attached hydrogens (primary N) is 4. The molecule has 22 heteroatoms. The Balaban J connectivity index is 1.78. The van der Waals surface area contributed by atoms with Crippen LogP contribution in [0.4, 0.5) is 0 Å². The van der Waals surface area contributed by atoms with Gasteiger partial charge in [-0.3, -0.25) is 34.2 Å². The summed E-state index contributed by atoms with van der Waals surface area (Å²) in [5.41, 5.74) is 23.3. The molecule has 3 heterocycles. The zero-order chi connectivity index (χ0) is 45.8. The first-order chi connectivity index (χ1) is 29.6.